The van der Waals surface area contributed by atoms with Crippen LogP contribution in [0.25, 0.3) is 55.8 Å². The van der Waals surface area contributed by atoms with Crippen LogP contribution in [0.3, 0.4) is 0 Å². The largest absolute Gasteiger partial charge is 0.336 e. The first kappa shape index (κ1) is 28.1. The van der Waals surface area contributed by atoms with E-state index in [1.807, 2.05) is 0 Å². The number of nitrogens with one attached hydrogen (secondary N) is 4. The summed E-state index contributed by atoms with van der Waals surface area (Å²) in [4.78, 5) is 28.3. The third kappa shape index (κ3) is 5.82. The van der Waals surface area contributed by atoms with Gasteiger partial charge in [-0.2, -0.15) is 5.10 Å². The monoisotopic (exact) mass is 602 g/mol. The molecule has 4 aromatic heterocycles. The number of benzene rings is 2. The van der Waals surface area contributed by atoms with E-state index in [1.54, 1.807) is 37.4 Å². The third-order valence-corrected chi connectivity index (χ3v) is 7.37. The summed E-state index contributed by atoms with van der Waals surface area (Å²) in [6.07, 6.45) is 5.85. The topological polar surface area (TPSA) is 158 Å². The Morgan fingerprint density at radius 1 is 1.00 bits per heavy atom. The maximum absolute atomic E-state index is 15.2. The quantitative estimate of drug-likeness (QED) is 0.193. The molecule has 0 saturated heterocycles. The van der Waals surface area contributed by atoms with Crippen LogP contribution in [0.4, 0.5) is 14.5 Å². The summed E-state index contributed by atoms with van der Waals surface area (Å²) in [6.45, 7) is 1.64. The number of imidazole rings is 1. The summed E-state index contributed by atoms with van der Waals surface area (Å²) >= 11 is 0. The van der Waals surface area contributed by atoms with Gasteiger partial charge in [0, 0.05) is 53.5 Å². The van der Waals surface area contributed by atoms with Crippen molar-refractivity contribution in [1.29, 1.82) is 0 Å². The molecule has 218 valence electrons. The van der Waals surface area contributed by atoms with Crippen molar-refractivity contribution >= 4 is 43.6 Å². The molecule has 11 nitrogen and oxygen atoms in total. The Balaban J connectivity index is 1.41. The Bertz CT molecular complexity index is 2140. The van der Waals surface area contributed by atoms with Crippen LogP contribution in [-0.4, -0.2) is 50.7 Å². The van der Waals surface area contributed by atoms with Crippen LogP contribution in [0.2, 0.25) is 0 Å². The molecule has 1 amide bonds. The van der Waals surface area contributed by atoms with Crippen molar-refractivity contribution in [3.05, 3.63) is 78.3 Å². The number of carbonyl (C=O) groups is 1. The third-order valence-electron chi connectivity index (χ3n) is 6.70. The van der Waals surface area contributed by atoms with E-state index < -0.39 is 21.7 Å². The predicted octanol–water partition coefficient (Wildman–Crippen LogP) is 4.91. The average molecular weight is 603 g/mol. The number of H-pyrrole nitrogens is 2. The molecule has 4 heterocycles. The van der Waals surface area contributed by atoms with Crippen molar-refractivity contribution in [1.82, 2.24) is 34.9 Å². The number of rotatable bonds is 8. The molecule has 0 fully saturated rings. The Morgan fingerprint density at radius 3 is 2.63 bits per heavy atom. The SMILES string of the molecule is CCC(=O)Nc1cncc(-c2cc3c(-c4nc5c(-c6cc(F)cc(CNS(C)(=O)=O)c6)nccc5[nH]4)n[nH]c3cc2F)c1. The summed E-state index contributed by atoms with van der Waals surface area (Å²) in [7, 11) is -3.48. The molecule has 43 heavy (non-hydrogen) atoms. The molecule has 0 aliphatic rings. The van der Waals surface area contributed by atoms with E-state index in [0.717, 1.165) is 6.26 Å². The minimum atomic E-state index is -3.48. The number of hydrogen-bond acceptors (Lipinski definition) is 7. The number of amides is 1. The number of aromatic nitrogens is 6. The molecule has 2 aromatic carbocycles. The predicted molar refractivity (Wildman–Crippen MR) is 158 cm³/mol. The van der Waals surface area contributed by atoms with Gasteiger partial charge in [0.2, 0.25) is 15.9 Å². The van der Waals surface area contributed by atoms with Gasteiger partial charge in [0.15, 0.2) is 5.82 Å². The van der Waals surface area contributed by atoms with Gasteiger partial charge in [-0.05, 0) is 42.0 Å². The summed E-state index contributed by atoms with van der Waals surface area (Å²) in [5, 5.41) is 10.5. The van der Waals surface area contributed by atoms with Crippen LogP contribution in [0.1, 0.15) is 18.9 Å². The Kier molecular flexibility index (Phi) is 7.15. The lowest BCUT2D eigenvalue weighted by Crippen LogP contribution is -2.21. The summed E-state index contributed by atoms with van der Waals surface area (Å²) in [5.41, 5.74) is 4.25. The second-order valence-corrected chi connectivity index (χ2v) is 11.7. The van der Waals surface area contributed by atoms with Gasteiger partial charge >= 0.3 is 0 Å². The van der Waals surface area contributed by atoms with Crippen LogP contribution in [0, 0.1) is 11.6 Å². The Hall–Kier alpha value is -5.08. The molecule has 0 radical (unpaired) electrons. The molecular formula is C29H24F2N8O3S. The highest BCUT2D eigenvalue weighted by Gasteiger charge is 2.19. The normalized spacial score (nSPS) is 11.8. The zero-order valence-electron chi connectivity index (χ0n) is 22.9. The second-order valence-electron chi connectivity index (χ2n) is 9.90. The highest BCUT2D eigenvalue weighted by atomic mass is 32.2. The minimum Gasteiger partial charge on any atom is -0.336 e. The molecule has 6 aromatic rings. The van der Waals surface area contributed by atoms with Gasteiger partial charge in [0.25, 0.3) is 0 Å². The number of aromatic amines is 2. The molecule has 0 aliphatic carbocycles. The number of halogens is 2. The highest BCUT2D eigenvalue weighted by Crippen LogP contribution is 2.34. The molecule has 14 heteroatoms. The van der Waals surface area contributed by atoms with Gasteiger partial charge in [0.1, 0.15) is 22.8 Å². The van der Waals surface area contributed by atoms with Gasteiger partial charge in [0.05, 0.1) is 34.9 Å². The fourth-order valence-electron chi connectivity index (χ4n) is 4.71. The van der Waals surface area contributed by atoms with Crippen LogP contribution >= 0.6 is 0 Å². The summed E-state index contributed by atoms with van der Waals surface area (Å²) in [6, 6.07) is 10.5. The number of nitrogens with zero attached hydrogens (tertiary/aromatic N) is 4. The number of pyridine rings is 2. The van der Waals surface area contributed by atoms with Crippen molar-refractivity contribution in [2.45, 2.75) is 19.9 Å². The number of fused-ring (bicyclic) bond motifs is 2. The van der Waals surface area contributed by atoms with E-state index in [-0.39, 0.29) is 18.0 Å². The fraction of sp³-hybridized carbons (Fsp3) is 0.138. The lowest BCUT2D eigenvalue weighted by atomic mass is 10.0. The molecule has 0 aliphatic heterocycles. The highest BCUT2D eigenvalue weighted by molar-refractivity contribution is 7.88. The first-order valence-corrected chi connectivity index (χ1v) is 15.0. The van der Waals surface area contributed by atoms with E-state index in [4.69, 9.17) is 4.98 Å². The van der Waals surface area contributed by atoms with Crippen molar-refractivity contribution < 1.29 is 22.0 Å². The molecule has 0 bridgehead atoms. The molecule has 6 rings (SSSR count). The van der Waals surface area contributed by atoms with E-state index in [0.29, 0.717) is 67.9 Å². The van der Waals surface area contributed by atoms with Crippen LogP contribution in [0.15, 0.2) is 61.1 Å². The average Bonchev–Trinajstić information content (AvgIpc) is 3.58. The van der Waals surface area contributed by atoms with Gasteiger partial charge in [-0.25, -0.2) is 26.9 Å². The molecule has 0 atom stereocenters. The van der Waals surface area contributed by atoms with Gasteiger partial charge in [-0.3, -0.25) is 19.9 Å². The fourth-order valence-corrected chi connectivity index (χ4v) is 5.14. The summed E-state index contributed by atoms with van der Waals surface area (Å²) < 4.78 is 55.2. The second kappa shape index (κ2) is 11.0. The maximum Gasteiger partial charge on any atom is 0.224 e. The van der Waals surface area contributed by atoms with Crippen LogP contribution in [0.5, 0.6) is 0 Å². The van der Waals surface area contributed by atoms with E-state index in [2.05, 4.69) is 35.2 Å². The Labute approximate surface area is 243 Å². The van der Waals surface area contributed by atoms with Crippen molar-refractivity contribution in [3.63, 3.8) is 0 Å². The van der Waals surface area contributed by atoms with Crippen molar-refractivity contribution in [2.24, 2.45) is 0 Å². The standard InChI is InChI=1S/C29H24F2N8O3S/c1-3-25(40)35-19-9-17(13-32-14-19)20-10-21-24(11-22(20)31)38-39-27(21)29-36-23-4-5-33-26(28(23)37-29)16-6-15(7-18(30)8-16)12-34-43(2,41)42/h4-11,13-14,34H,3,12H2,1-2H3,(H,35,40)(H,36,37)(H,38,39). The number of hydrogen-bond donors (Lipinski definition) is 4. The van der Waals surface area contributed by atoms with E-state index in [9.17, 15) is 17.6 Å². The number of sulfonamides is 1. The minimum absolute atomic E-state index is 0.0903. The first-order chi connectivity index (χ1) is 20.6. The lowest BCUT2D eigenvalue weighted by Gasteiger charge is -2.08. The molecule has 0 unspecified atom stereocenters. The molecule has 0 saturated carbocycles. The first-order valence-electron chi connectivity index (χ1n) is 13.1. The maximum atomic E-state index is 15.2. The smallest absolute Gasteiger partial charge is 0.224 e. The molecular weight excluding hydrogens is 578 g/mol. The van der Waals surface area contributed by atoms with Crippen molar-refractivity contribution in [3.8, 4) is 33.9 Å². The van der Waals surface area contributed by atoms with E-state index in [1.165, 1.54) is 30.6 Å². The van der Waals surface area contributed by atoms with Gasteiger partial charge < -0.3 is 10.3 Å². The zero-order chi connectivity index (χ0) is 30.3. The van der Waals surface area contributed by atoms with Crippen LogP contribution in [-0.2, 0) is 21.4 Å². The van der Waals surface area contributed by atoms with Crippen molar-refractivity contribution in [2.75, 3.05) is 11.6 Å². The van der Waals surface area contributed by atoms with Crippen LogP contribution < -0.4 is 10.0 Å². The zero-order valence-corrected chi connectivity index (χ0v) is 23.7. The molecule has 4 N–H and O–H groups in total. The number of carbonyl (C=O) groups excluding carboxylic acids is 1. The van der Waals surface area contributed by atoms with Gasteiger partial charge in [-0.15, -0.1) is 0 Å². The number of anilines is 1. The van der Waals surface area contributed by atoms with Gasteiger partial charge in [-0.1, -0.05) is 6.92 Å². The molecule has 0 spiro atoms. The van der Waals surface area contributed by atoms with E-state index >= 15 is 4.39 Å². The lowest BCUT2D eigenvalue weighted by molar-refractivity contribution is -0.115. The Morgan fingerprint density at radius 2 is 1.84 bits per heavy atom. The summed E-state index contributed by atoms with van der Waals surface area (Å²) in [5.74, 6) is -0.888.